The van der Waals surface area contributed by atoms with E-state index in [1.54, 1.807) is 0 Å². The average Bonchev–Trinajstić information content (AvgIpc) is 2.90. The Hall–Kier alpha value is -3.72. The third-order valence-electron chi connectivity index (χ3n) is 6.52. The largest absolute Gasteiger partial charge is 0.352 e. The van der Waals surface area contributed by atoms with Gasteiger partial charge in [0.25, 0.3) is 0 Å². The molecule has 0 bridgehead atoms. The number of benzene rings is 3. The number of sulfonamides is 1. The molecule has 2 unspecified atom stereocenters. The van der Waals surface area contributed by atoms with E-state index in [0.717, 1.165) is 33.3 Å². The minimum Gasteiger partial charge on any atom is -0.352 e. The Bertz CT molecular complexity index is 1360. The Balaban J connectivity index is 2.05. The molecule has 3 aromatic rings. The summed E-state index contributed by atoms with van der Waals surface area (Å²) < 4.78 is 40.3. The van der Waals surface area contributed by atoms with Crippen LogP contribution in [0.3, 0.4) is 0 Å². The summed E-state index contributed by atoms with van der Waals surface area (Å²) in [5.41, 5.74) is 2.72. The van der Waals surface area contributed by atoms with Crippen LogP contribution in [0.15, 0.2) is 78.9 Å². The van der Waals surface area contributed by atoms with Crippen LogP contribution in [-0.4, -0.2) is 50.0 Å². The van der Waals surface area contributed by atoms with Gasteiger partial charge in [0.05, 0.1) is 11.9 Å². The molecule has 39 heavy (non-hydrogen) atoms. The maximum absolute atomic E-state index is 14.0. The summed E-state index contributed by atoms with van der Waals surface area (Å²) in [5, 5.41) is 2.99. The molecule has 1 N–H and O–H groups in total. The smallest absolute Gasteiger partial charge is 0.244 e. The van der Waals surface area contributed by atoms with Crippen LogP contribution in [0.2, 0.25) is 0 Å². The van der Waals surface area contributed by atoms with E-state index < -0.39 is 34.3 Å². The topological polar surface area (TPSA) is 86.8 Å². The van der Waals surface area contributed by atoms with Gasteiger partial charge in [0.15, 0.2) is 0 Å². The van der Waals surface area contributed by atoms with E-state index >= 15 is 0 Å². The molecule has 0 aliphatic carbocycles. The summed E-state index contributed by atoms with van der Waals surface area (Å²) >= 11 is 0. The fraction of sp³-hybridized carbons (Fsp3) is 0.333. The third kappa shape index (κ3) is 8.64. The van der Waals surface area contributed by atoms with Crippen LogP contribution >= 0.6 is 0 Å². The average molecular weight is 554 g/mol. The second-order valence-corrected chi connectivity index (χ2v) is 11.7. The lowest BCUT2D eigenvalue weighted by molar-refractivity contribution is -0.140. The lowest BCUT2D eigenvalue weighted by Crippen LogP contribution is -2.54. The standard InChI is InChI=1S/C30H36FN3O4S/c1-5-23(3)32-30(36)28(18-24-10-7-6-8-11-24)33(20-25-16-14-22(2)15-17-25)29(35)21-34(39(4,37)38)27-13-9-12-26(31)19-27/h6-17,19,23,28H,5,18,20-21H2,1-4H3,(H,32,36). The predicted molar refractivity (Wildman–Crippen MR) is 152 cm³/mol. The highest BCUT2D eigenvalue weighted by molar-refractivity contribution is 7.92. The van der Waals surface area contributed by atoms with Gasteiger partial charge in [0.1, 0.15) is 18.4 Å². The molecule has 0 saturated carbocycles. The molecular formula is C30H36FN3O4S. The number of rotatable bonds is 12. The number of hydrogen-bond acceptors (Lipinski definition) is 4. The maximum Gasteiger partial charge on any atom is 0.244 e. The molecule has 0 aliphatic heterocycles. The lowest BCUT2D eigenvalue weighted by atomic mass is 10.0. The number of carbonyl (C=O) groups is 2. The summed E-state index contributed by atoms with van der Waals surface area (Å²) in [7, 11) is -3.95. The fourth-order valence-corrected chi connectivity index (χ4v) is 4.97. The number of hydrogen-bond donors (Lipinski definition) is 1. The Morgan fingerprint density at radius 2 is 1.62 bits per heavy atom. The zero-order valence-electron chi connectivity index (χ0n) is 22.8. The molecule has 0 fully saturated rings. The molecule has 0 radical (unpaired) electrons. The van der Waals surface area contributed by atoms with E-state index in [1.165, 1.54) is 23.1 Å². The molecule has 0 spiro atoms. The van der Waals surface area contributed by atoms with Crippen molar-refractivity contribution >= 4 is 27.5 Å². The molecule has 2 atom stereocenters. The molecule has 0 heterocycles. The molecule has 0 aromatic heterocycles. The van der Waals surface area contributed by atoms with Gasteiger partial charge in [-0.2, -0.15) is 0 Å². The molecule has 2 amide bonds. The van der Waals surface area contributed by atoms with Crippen molar-refractivity contribution in [1.82, 2.24) is 10.2 Å². The number of nitrogens with zero attached hydrogens (tertiary/aromatic N) is 2. The van der Waals surface area contributed by atoms with E-state index in [2.05, 4.69) is 5.32 Å². The van der Waals surface area contributed by atoms with E-state index in [1.807, 2.05) is 75.4 Å². The zero-order chi connectivity index (χ0) is 28.6. The third-order valence-corrected chi connectivity index (χ3v) is 7.66. The van der Waals surface area contributed by atoms with Crippen molar-refractivity contribution in [1.29, 1.82) is 0 Å². The summed E-state index contributed by atoms with van der Waals surface area (Å²) in [6, 6.07) is 21.0. The van der Waals surface area contributed by atoms with Crippen LogP contribution in [-0.2, 0) is 32.6 Å². The second kappa shape index (κ2) is 13.4. The number of halogens is 1. The summed E-state index contributed by atoms with van der Waals surface area (Å²) in [6.07, 6.45) is 1.91. The Kier molecular flexibility index (Phi) is 10.2. The van der Waals surface area contributed by atoms with Crippen LogP contribution in [0.25, 0.3) is 0 Å². The van der Waals surface area contributed by atoms with E-state index in [0.29, 0.717) is 6.42 Å². The quantitative estimate of drug-likeness (QED) is 0.359. The monoisotopic (exact) mass is 553 g/mol. The van der Waals surface area contributed by atoms with Crippen molar-refractivity contribution in [3.05, 3.63) is 101 Å². The molecule has 7 nitrogen and oxygen atoms in total. The van der Waals surface area contributed by atoms with Gasteiger partial charge in [-0.15, -0.1) is 0 Å². The highest BCUT2D eigenvalue weighted by Crippen LogP contribution is 2.21. The zero-order valence-corrected chi connectivity index (χ0v) is 23.6. The van der Waals surface area contributed by atoms with Crippen molar-refractivity contribution in [3.63, 3.8) is 0 Å². The van der Waals surface area contributed by atoms with Crippen LogP contribution in [0.4, 0.5) is 10.1 Å². The normalized spacial score (nSPS) is 12.8. The molecule has 0 aliphatic rings. The summed E-state index contributed by atoms with van der Waals surface area (Å²) in [5.74, 6) is -1.53. The number of aryl methyl sites for hydroxylation is 1. The number of anilines is 1. The summed E-state index contributed by atoms with van der Waals surface area (Å²) in [6.45, 7) is 5.29. The first-order valence-electron chi connectivity index (χ1n) is 12.9. The van der Waals surface area contributed by atoms with Crippen LogP contribution in [0.5, 0.6) is 0 Å². The first-order chi connectivity index (χ1) is 18.5. The predicted octanol–water partition coefficient (Wildman–Crippen LogP) is 4.45. The molecule has 208 valence electrons. The minimum absolute atomic E-state index is 0.0322. The molecule has 0 saturated heterocycles. The number of amides is 2. The van der Waals surface area contributed by atoms with Gasteiger partial charge in [0.2, 0.25) is 21.8 Å². The van der Waals surface area contributed by atoms with Crippen LogP contribution in [0.1, 0.15) is 37.0 Å². The SMILES string of the molecule is CCC(C)NC(=O)C(Cc1ccccc1)N(Cc1ccc(C)cc1)C(=O)CN(c1cccc(F)c1)S(C)(=O)=O. The van der Waals surface area contributed by atoms with Gasteiger partial charge < -0.3 is 10.2 Å². The molecule has 3 aromatic carbocycles. The van der Waals surface area contributed by atoms with Crippen molar-refractivity contribution in [2.24, 2.45) is 0 Å². The first-order valence-corrected chi connectivity index (χ1v) is 14.7. The maximum atomic E-state index is 14.0. The van der Waals surface area contributed by atoms with Crippen LogP contribution < -0.4 is 9.62 Å². The van der Waals surface area contributed by atoms with E-state index in [9.17, 15) is 22.4 Å². The van der Waals surface area contributed by atoms with Gasteiger partial charge >= 0.3 is 0 Å². The Morgan fingerprint density at radius 3 is 2.21 bits per heavy atom. The summed E-state index contributed by atoms with van der Waals surface area (Å²) in [4.78, 5) is 29.0. The fourth-order valence-electron chi connectivity index (χ4n) is 4.13. The van der Waals surface area contributed by atoms with Crippen molar-refractivity contribution in [2.75, 3.05) is 17.1 Å². The Labute approximate surface area is 230 Å². The van der Waals surface area contributed by atoms with E-state index in [-0.39, 0.29) is 30.6 Å². The molecule has 3 rings (SSSR count). The van der Waals surface area contributed by atoms with Crippen molar-refractivity contribution in [3.8, 4) is 0 Å². The van der Waals surface area contributed by atoms with Crippen LogP contribution in [0, 0.1) is 12.7 Å². The van der Waals surface area contributed by atoms with Gasteiger partial charge in [-0.3, -0.25) is 13.9 Å². The molecular weight excluding hydrogens is 517 g/mol. The lowest BCUT2D eigenvalue weighted by Gasteiger charge is -2.34. The van der Waals surface area contributed by atoms with Crippen molar-refractivity contribution in [2.45, 2.75) is 52.2 Å². The number of nitrogens with one attached hydrogen (secondary N) is 1. The number of carbonyl (C=O) groups excluding carboxylic acids is 2. The first kappa shape index (κ1) is 29.8. The van der Waals surface area contributed by atoms with Gasteiger partial charge in [0, 0.05) is 19.0 Å². The minimum atomic E-state index is -3.95. The Morgan fingerprint density at radius 1 is 0.949 bits per heavy atom. The highest BCUT2D eigenvalue weighted by atomic mass is 32.2. The second-order valence-electron chi connectivity index (χ2n) is 9.78. The van der Waals surface area contributed by atoms with Gasteiger partial charge in [-0.1, -0.05) is 73.2 Å². The molecule has 9 heteroatoms. The van der Waals surface area contributed by atoms with E-state index in [4.69, 9.17) is 0 Å². The van der Waals surface area contributed by atoms with Crippen molar-refractivity contribution < 1.29 is 22.4 Å². The van der Waals surface area contributed by atoms with Gasteiger partial charge in [-0.25, -0.2) is 12.8 Å². The highest BCUT2D eigenvalue weighted by Gasteiger charge is 2.33. The van der Waals surface area contributed by atoms with Gasteiger partial charge in [-0.05, 0) is 49.6 Å².